The fourth-order valence-corrected chi connectivity index (χ4v) is 4.25. The third-order valence-electron chi connectivity index (χ3n) is 4.23. The lowest BCUT2D eigenvalue weighted by molar-refractivity contribution is -0.141. The highest BCUT2D eigenvalue weighted by atomic mass is 32.2. The second-order valence-corrected chi connectivity index (χ2v) is 7.82. The van der Waals surface area contributed by atoms with Crippen LogP contribution >= 0.6 is 11.8 Å². The van der Waals surface area contributed by atoms with Crippen LogP contribution in [0.3, 0.4) is 0 Å². The maximum absolute atomic E-state index is 13.2. The van der Waals surface area contributed by atoms with E-state index in [2.05, 4.69) is 0 Å². The van der Waals surface area contributed by atoms with Crippen LogP contribution in [0, 0.1) is 0 Å². The Morgan fingerprint density at radius 2 is 1.71 bits per heavy atom. The highest BCUT2D eigenvalue weighted by Gasteiger charge is 2.47. The van der Waals surface area contributed by atoms with Crippen molar-refractivity contribution in [3.63, 3.8) is 0 Å². The molecule has 0 radical (unpaired) electrons. The van der Waals surface area contributed by atoms with Gasteiger partial charge in [0.25, 0.3) is 5.91 Å². The molecule has 124 valence electrons. The number of carboxylic acids is 1. The van der Waals surface area contributed by atoms with Gasteiger partial charge in [-0.25, -0.2) is 4.79 Å². The van der Waals surface area contributed by atoms with Crippen LogP contribution in [0.2, 0.25) is 0 Å². The van der Waals surface area contributed by atoms with Gasteiger partial charge in [0, 0.05) is 11.3 Å². The molecule has 1 atom stereocenters. The van der Waals surface area contributed by atoms with Crippen molar-refractivity contribution in [2.75, 3.05) is 5.75 Å². The Kier molecular flexibility index (Phi) is 4.37. The number of carboxylic acid groups (broad SMARTS) is 1. The molecule has 0 spiro atoms. The van der Waals surface area contributed by atoms with Gasteiger partial charge < -0.3 is 10.0 Å². The number of nitrogens with zero attached hydrogens (tertiary/aromatic N) is 1. The third kappa shape index (κ3) is 2.91. The van der Waals surface area contributed by atoms with Gasteiger partial charge in [-0.2, -0.15) is 0 Å². The molecule has 4 nitrogen and oxygen atoms in total. The number of hydrogen-bond acceptors (Lipinski definition) is 3. The smallest absolute Gasteiger partial charge is 0.327 e. The SMILES string of the molecule is CC1(C)SC[C@@H](C(=O)O)N1C(=O)c1ccccc1-c1ccccc1. The Labute approximate surface area is 145 Å². The molecule has 1 heterocycles. The minimum absolute atomic E-state index is 0.239. The van der Waals surface area contributed by atoms with Crippen LogP contribution in [0.5, 0.6) is 0 Å². The predicted octanol–water partition coefficient (Wildman–Crippen LogP) is 3.73. The molecular formula is C19H19NO3S. The van der Waals surface area contributed by atoms with Crippen molar-refractivity contribution in [3.05, 3.63) is 60.2 Å². The minimum Gasteiger partial charge on any atom is -0.480 e. The van der Waals surface area contributed by atoms with E-state index in [-0.39, 0.29) is 5.91 Å². The van der Waals surface area contributed by atoms with E-state index in [1.165, 1.54) is 16.7 Å². The molecule has 1 aliphatic rings. The maximum atomic E-state index is 13.2. The van der Waals surface area contributed by atoms with Crippen LogP contribution in [0.25, 0.3) is 11.1 Å². The quantitative estimate of drug-likeness (QED) is 0.924. The Hall–Kier alpha value is -2.27. The number of rotatable bonds is 3. The van der Waals surface area contributed by atoms with Crippen molar-refractivity contribution in [2.45, 2.75) is 24.8 Å². The van der Waals surface area contributed by atoms with Gasteiger partial charge in [0.2, 0.25) is 0 Å². The van der Waals surface area contributed by atoms with Crippen LogP contribution in [-0.4, -0.2) is 38.5 Å². The molecule has 0 aliphatic carbocycles. The maximum Gasteiger partial charge on any atom is 0.327 e. The van der Waals surface area contributed by atoms with Crippen molar-refractivity contribution in [3.8, 4) is 11.1 Å². The summed E-state index contributed by atoms with van der Waals surface area (Å²) in [6, 6.07) is 16.2. The van der Waals surface area contributed by atoms with Crippen LogP contribution < -0.4 is 0 Å². The molecule has 3 rings (SSSR count). The highest BCUT2D eigenvalue weighted by Crippen LogP contribution is 2.40. The Morgan fingerprint density at radius 1 is 1.08 bits per heavy atom. The largest absolute Gasteiger partial charge is 0.480 e. The first-order valence-corrected chi connectivity index (χ1v) is 8.75. The van der Waals surface area contributed by atoms with Gasteiger partial charge in [-0.3, -0.25) is 4.79 Å². The molecular weight excluding hydrogens is 322 g/mol. The summed E-state index contributed by atoms with van der Waals surface area (Å²) >= 11 is 1.49. The summed E-state index contributed by atoms with van der Waals surface area (Å²) in [4.78, 5) is 25.8. The molecule has 5 heteroatoms. The lowest BCUT2D eigenvalue weighted by Crippen LogP contribution is -2.49. The zero-order valence-corrected chi connectivity index (χ0v) is 14.4. The van der Waals surface area contributed by atoms with Crippen LogP contribution in [0.4, 0.5) is 0 Å². The molecule has 0 bridgehead atoms. The summed E-state index contributed by atoms with van der Waals surface area (Å²) in [5.74, 6) is -0.794. The number of amides is 1. The molecule has 1 amide bonds. The Morgan fingerprint density at radius 3 is 2.38 bits per heavy atom. The van der Waals surface area contributed by atoms with Crippen LogP contribution in [-0.2, 0) is 4.79 Å². The number of hydrogen-bond donors (Lipinski definition) is 1. The Balaban J connectivity index is 2.06. The topological polar surface area (TPSA) is 57.6 Å². The number of thioether (sulfide) groups is 1. The van der Waals surface area contributed by atoms with E-state index in [1.807, 2.05) is 62.4 Å². The summed E-state index contributed by atoms with van der Waals surface area (Å²) in [6.07, 6.45) is 0. The number of benzene rings is 2. The minimum atomic E-state index is -0.960. The zero-order chi connectivity index (χ0) is 17.3. The molecule has 2 aromatic rings. The predicted molar refractivity (Wildman–Crippen MR) is 96.0 cm³/mol. The molecule has 0 saturated carbocycles. The van der Waals surface area contributed by atoms with Gasteiger partial charge in [0.15, 0.2) is 0 Å². The summed E-state index contributed by atoms with van der Waals surface area (Å²) in [6.45, 7) is 3.78. The first kappa shape index (κ1) is 16.6. The van der Waals surface area contributed by atoms with E-state index in [0.29, 0.717) is 11.3 Å². The van der Waals surface area contributed by atoms with Crippen molar-refractivity contribution in [2.24, 2.45) is 0 Å². The normalized spacial score (nSPS) is 19.2. The van der Waals surface area contributed by atoms with E-state index in [1.54, 1.807) is 6.07 Å². The summed E-state index contributed by atoms with van der Waals surface area (Å²) < 4.78 is 0. The van der Waals surface area contributed by atoms with Crippen LogP contribution in [0.1, 0.15) is 24.2 Å². The molecule has 1 aliphatic heterocycles. The first-order chi connectivity index (χ1) is 11.4. The van der Waals surface area contributed by atoms with Gasteiger partial charge in [-0.05, 0) is 31.0 Å². The van der Waals surface area contributed by atoms with Gasteiger partial charge in [0.1, 0.15) is 6.04 Å². The molecule has 0 unspecified atom stereocenters. The fourth-order valence-electron chi connectivity index (χ4n) is 3.04. The standard InChI is InChI=1S/C19H19NO3S/c1-19(2)20(16(12-24-19)18(22)23)17(21)15-11-7-6-10-14(15)13-8-4-3-5-9-13/h3-11,16H,12H2,1-2H3,(H,22,23)/t16-/m0/s1. The van der Waals surface area contributed by atoms with Crippen LogP contribution in [0.15, 0.2) is 54.6 Å². The van der Waals surface area contributed by atoms with E-state index < -0.39 is 16.9 Å². The second-order valence-electron chi connectivity index (χ2n) is 6.20. The monoisotopic (exact) mass is 341 g/mol. The zero-order valence-electron chi connectivity index (χ0n) is 13.6. The third-order valence-corrected chi connectivity index (χ3v) is 5.62. The molecule has 1 N–H and O–H groups in total. The number of carbonyl (C=O) groups is 2. The first-order valence-electron chi connectivity index (χ1n) is 7.77. The van der Waals surface area contributed by atoms with Gasteiger partial charge in [-0.15, -0.1) is 11.8 Å². The second kappa shape index (κ2) is 6.32. The van der Waals surface area contributed by atoms with E-state index >= 15 is 0 Å². The molecule has 24 heavy (non-hydrogen) atoms. The summed E-state index contributed by atoms with van der Waals surface area (Å²) in [5, 5.41) is 9.49. The Bertz CT molecular complexity index is 773. The van der Waals surface area contributed by atoms with Gasteiger partial charge >= 0.3 is 5.97 Å². The average molecular weight is 341 g/mol. The summed E-state index contributed by atoms with van der Waals surface area (Å²) in [5.41, 5.74) is 2.29. The molecule has 1 saturated heterocycles. The van der Waals surface area contributed by atoms with Crippen molar-refractivity contribution < 1.29 is 14.7 Å². The van der Waals surface area contributed by atoms with Gasteiger partial charge in [-0.1, -0.05) is 48.5 Å². The lowest BCUT2D eigenvalue weighted by atomic mass is 9.98. The molecule has 1 fully saturated rings. The highest BCUT2D eigenvalue weighted by molar-refractivity contribution is 8.00. The lowest BCUT2D eigenvalue weighted by Gasteiger charge is -2.33. The van der Waals surface area contributed by atoms with Gasteiger partial charge in [0.05, 0.1) is 4.87 Å². The molecule has 2 aromatic carbocycles. The van der Waals surface area contributed by atoms with Crippen molar-refractivity contribution in [1.29, 1.82) is 0 Å². The van der Waals surface area contributed by atoms with Crippen molar-refractivity contribution in [1.82, 2.24) is 4.90 Å². The fraction of sp³-hybridized carbons (Fsp3) is 0.263. The average Bonchev–Trinajstić information content (AvgIpc) is 2.90. The van der Waals surface area contributed by atoms with Crippen molar-refractivity contribution >= 4 is 23.6 Å². The van der Waals surface area contributed by atoms with E-state index in [0.717, 1.165) is 11.1 Å². The van der Waals surface area contributed by atoms with E-state index in [4.69, 9.17) is 0 Å². The molecule has 0 aromatic heterocycles. The number of carbonyl (C=O) groups excluding carboxylic acids is 1. The number of aliphatic carboxylic acids is 1. The summed E-state index contributed by atoms with van der Waals surface area (Å²) in [7, 11) is 0. The van der Waals surface area contributed by atoms with E-state index in [9.17, 15) is 14.7 Å².